The zero-order valence-electron chi connectivity index (χ0n) is 18.1. The maximum atomic E-state index is 6.08. The summed E-state index contributed by atoms with van der Waals surface area (Å²) in [6.07, 6.45) is 7.68. The molecule has 3 heterocycles. The number of aryl methyl sites for hydroxylation is 1. The zero-order valence-corrected chi connectivity index (χ0v) is 18.1. The minimum Gasteiger partial charge on any atom is -0.494 e. The first-order valence-corrected chi connectivity index (χ1v) is 11.3. The first-order valence-electron chi connectivity index (χ1n) is 11.3. The predicted octanol–water partition coefficient (Wildman–Crippen LogP) is 4.96. The van der Waals surface area contributed by atoms with Gasteiger partial charge in [0.15, 0.2) is 0 Å². The Morgan fingerprint density at radius 3 is 2.79 bits per heavy atom. The molecule has 0 bridgehead atoms. The Morgan fingerprint density at radius 1 is 1.21 bits per heavy atom. The van der Waals surface area contributed by atoms with Crippen molar-refractivity contribution in [3.8, 4) is 5.75 Å². The van der Waals surface area contributed by atoms with Crippen LogP contribution in [0.2, 0.25) is 0 Å². The van der Waals surface area contributed by atoms with E-state index in [1.807, 2.05) is 6.20 Å². The molecule has 1 aromatic carbocycles. The summed E-state index contributed by atoms with van der Waals surface area (Å²) in [4.78, 5) is 9.59. The minimum absolute atomic E-state index is 0.573. The standard InChI is InChI=1S/C24H34N4O/c1-4-5-23-27-22-15-26-21-14-19(29-13-10-18-8-11-25-12-9-18)6-7-20(21)24(22)28(23)16-17(2)3/h6-7,14-15,17-18,25H,4-5,8-13,16H2,1-3H3. The molecule has 1 aliphatic heterocycles. The average molecular weight is 395 g/mol. The van der Waals surface area contributed by atoms with Crippen LogP contribution in [0.5, 0.6) is 5.75 Å². The normalized spacial score (nSPS) is 15.6. The van der Waals surface area contributed by atoms with Gasteiger partial charge >= 0.3 is 0 Å². The molecule has 156 valence electrons. The lowest BCUT2D eigenvalue weighted by Crippen LogP contribution is -2.28. The van der Waals surface area contributed by atoms with Gasteiger partial charge < -0.3 is 14.6 Å². The number of aromatic nitrogens is 3. The Kier molecular flexibility index (Phi) is 6.34. The molecule has 0 radical (unpaired) electrons. The lowest BCUT2D eigenvalue weighted by molar-refractivity contribution is 0.252. The molecule has 29 heavy (non-hydrogen) atoms. The van der Waals surface area contributed by atoms with E-state index in [0.29, 0.717) is 5.92 Å². The lowest BCUT2D eigenvalue weighted by atomic mass is 9.95. The van der Waals surface area contributed by atoms with E-state index < -0.39 is 0 Å². The molecule has 0 unspecified atom stereocenters. The van der Waals surface area contributed by atoms with Crippen molar-refractivity contribution in [1.29, 1.82) is 0 Å². The number of imidazole rings is 1. The largest absolute Gasteiger partial charge is 0.494 e. The summed E-state index contributed by atoms with van der Waals surface area (Å²) in [5, 5.41) is 4.60. The highest BCUT2D eigenvalue weighted by atomic mass is 16.5. The Hall–Kier alpha value is -2.14. The first-order chi connectivity index (χ1) is 14.2. The van der Waals surface area contributed by atoms with Crippen LogP contribution in [0.15, 0.2) is 24.4 Å². The minimum atomic E-state index is 0.573. The monoisotopic (exact) mass is 394 g/mol. The van der Waals surface area contributed by atoms with Crippen LogP contribution < -0.4 is 10.1 Å². The summed E-state index contributed by atoms with van der Waals surface area (Å²) in [6.45, 7) is 10.8. The van der Waals surface area contributed by atoms with Crippen molar-refractivity contribution in [2.24, 2.45) is 11.8 Å². The number of ether oxygens (including phenoxy) is 1. The number of fused-ring (bicyclic) bond motifs is 3. The number of rotatable bonds is 8. The van der Waals surface area contributed by atoms with Crippen molar-refractivity contribution in [3.05, 3.63) is 30.2 Å². The fourth-order valence-corrected chi connectivity index (χ4v) is 4.42. The number of nitrogens with zero attached hydrogens (tertiary/aromatic N) is 3. The van der Waals surface area contributed by atoms with Crippen LogP contribution in [-0.4, -0.2) is 34.2 Å². The molecule has 0 amide bonds. The van der Waals surface area contributed by atoms with Gasteiger partial charge in [-0.05, 0) is 62.7 Å². The van der Waals surface area contributed by atoms with Gasteiger partial charge in [-0.25, -0.2) is 4.98 Å². The van der Waals surface area contributed by atoms with Gasteiger partial charge in [-0.1, -0.05) is 20.8 Å². The van der Waals surface area contributed by atoms with E-state index in [-0.39, 0.29) is 0 Å². The number of benzene rings is 1. The Bertz CT molecular complexity index is 956. The molecule has 2 aromatic heterocycles. The summed E-state index contributed by atoms with van der Waals surface area (Å²) in [5.41, 5.74) is 3.21. The second-order valence-corrected chi connectivity index (χ2v) is 8.78. The van der Waals surface area contributed by atoms with Crippen LogP contribution in [0.3, 0.4) is 0 Å². The summed E-state index contributed by atoms with van der Waals surface area (Å²) < 4.78 is 8.49. The van der Waals surface area contributed by atoms with E-state index >= 15 is 0 Å². The number of hydrogen-bond acceptors (Lipinski definition) is 4. The van der Waals surface area contributed by atoms with Crippen molar-refractivity contribution in [2.45, 2.75) is 59.4 Å². The van der Waals surface area contributed by atoms with Gasteiger partial charge in [0.05, 0.1) is 23.8 Å². The maximum absolute atomic E-state index is 6.08. The highest BCUT2D eigenvalue weighted by Crippen LogP contribution is 2.29. The van der Waals surface area contributed by atoms with Gasteiger partial charge in [-0.2, -0.15) is 0 Å². The molecule has 0 atom stereocenters. The maximum Gasteiger partial charge on any atom is 0.121 e. The SMILES string of the molecule is CCCc1nc2cnc3cc(OCCC4CCNCC4)ccc3c2n1CC(C)C. The van der Waals surface area contributed by atoms with E-state index in [9.17, 15) is 0 Å². The van der Waals surface area contributed by atoms with Crippen LogP contribution >= 0.6 is 0 Å². The Balaban J connectivity index is 1.59. The smallest absolute Gasteiger partial charge is 0.121 e. The predicted molar refractivity (Wildman–Crippen MR) is 120 cm³/mol. The Morgan fingerprint density at radius 2 is 2.03 bits per heavy atom. The number of pyridine rings is 1. The lowest BCUT2D eigenvalue weighted by Gasteiger charge is -2.22. The highest BCUT2D eigenvalue weighted by molar-refractivity contribution is 6.02. The molecule has 1 saturated heterocycles. The van der Waals surface area contributed by atoms with Crippen LogP contribution in [0, 0.1) is 11.8 Å². The van der Waals surface area contributed by atoms with Crippen LogP contribution in [0.4, 0.5) is 0 Å². The van der Waals surface area contributed by atoms with Gasteiger partial charge in [-0.3, -0.25) is 4.98 Å². The Labute approximate surface area is 173 Å². The summed E-state index contributed by atoms with van der Waals surface area (Å²) in [6, 6.07) is 6.35. The van der Waals surface area contributed by atoms with Gasteiger partial charge in [0.2, 0.25) is 0 Å². The summed E-state index contributed by atoms with van der Waals surface area (Å²) >= 11 is 0. The fourth-order valence-electron chi connectivity index (χ4n) is 4.42. The molecule has 0 aliphatic carbocycles. The van der Waals surface area contributed by atoms with Crippen molar-refractivity contribution in [2.75, 3.05) is 19.7 Å². The summed E-state index contributed by atoms with van der Waals surface area (Å²) in [7, 11) is 0. The van der Waals surface area contributed by atoms with Crippen molar-refractivity contribution in [3.63, 3.8) is 0 Å². The molecule has 0 saturated carbocycles. The number of hydrogen-bond donors (Lipinski definition) is 1. The molecule has 4 rings (SSSR count). The third kappa shape index (κ3) is 4.55. The van der Waals surface area contributed by atoms with E-state index in [1.165, 1.54) is 29.6 Å². The quantitative estimate of drug-likeness (QED) is 0.587. The first kappa shape index (κ1) is 20.1. The molecular weight excluding hydrogens is 360 g/mol. The molecule has 3 aromatic rings. The molecule has 0 spiro atoms. The van der Waals surface area contributed by atoms with E-state index in [2.05, 4.69) is 48.9 Å². The fraction of sp³-hybridized carbons (Fsp3) is 0.583. The second-order valence-electron chi connectivity index (χ2n) is 8.78. The van der Waals surface area contributed by atoms with Crippen molar-refractivity contribution >= 4 is 21.9 Å². The third-order valence-electron chi connectivity index (χ3n) is 5.90. The highest BCUT2D eigenvalue weighted by Gasteiger charge is 2.16. The van der Waals surface area contributed by atoms with E-state index in [0.717, 1.165) is 68.2 Å². The van der Waals surface area contributed by atoms with Gasteiger partial charge in [-0.15, -0.1) is 0 Å². The number of nitrogens with one attached hydrogen (secondary N) is 1. The molecule has 5 heteroatoms. The van der Waals surface area contributed by atoms with Crippen molar-refractivity contribution < 1.29 is 4.74 Å². The second kappa shape index (κ2) is 9.12. The van der Waals surface area contributed by atoms with E-state index in [4.69, 9.17) is 14.7 Å². The van der Waals surface area contributed by atoms with Crippen LogP contribution in [0.25, 0.3) is 21.9 Å². The molecule has 1 aliphatic rings. The number of piperidine rings is 1. The molecule has 1 fully saturated rings. The van der Waals surface area contributed by atoms with Gasteiger partial charge in [0, 0.05) is 24.4 Å². The molecule has 5 nitrogen and oxygen atoms in total. The van der Waals surface area contributed by atoms with Crippen LogP contribution in [0.1, 0.15) is 52.3 Å². The molecule has 1 N–H and O–H groups in total. The van der Waals surface area contributed by atoms with Gasteiger partial charge in [0.1, 0.15) is 17.1 Å². The van der Waals surface area contributed by atoms with E-state index in [1.54, 1.807) is 0 Å². The molecular formula is C24H34N4O. The third-order valence-corrected chi connectivity index (χ3v) is 5.90. The van der Waals surface area contributed by atoms with Gasteiger partial charge in [0.25, 0.3) is 0 Å². The zero-order chi connectivity index (χ0) is 20.2. The van der Waals surface area contributed by atoms with Crippen LogP contribution in [-0.2, 0) is 13.0 Å². The van der Waals surface area contributed by atoms with Crippen molar-refractivity contribution in [1.82, 2.24) is 19.9 Å². The average Bonchev–Trinajstić information content (AvgIpc) is 3.06. The summed E-state index contributed by atoms with van der Waals surface area (Å²) in [5.74, 6) is 3.45. The topological polar surface area (TPSA) is 52.0 Å².